The van der Waals surface area contributed by atoms with Gasteiger partial charge in [-0.25, -0.2) is 0 Å². The second-order valence-electron chi connectivity index (χ2n) is 4.12. The lowest BCUT2D eigenvalue weighted by atomic mass is 10.1. The number of ether oxygens (including phenoxy) is 1. The maximum absolute atomic E-state index is 8.82. The number of benzene rings is 1. The van der Waals surface area contributed by atoms with Crippen LogP contribution in [0.25, 0.3) is 0 Å². The number of rotatable bonds is 5. The summed E-state index contributed by atoms with van der Waals surface area (Å²) in [7, 11) is 0. The van der Waals surface area contributed by atoms with Crippen LogP contribution in [-0.2, 0) is 13.0 Å². The summed E-state index contributed by atoms with van der Waals surface area (Å²) in [5, 5.41) is 8.82. The van der Waals surface area contributed by atoms with E-state index in [1.807, 2.05) is 30.3 Å². The van der Waals surface area contributed by atoms with Crippen LogP contribution in [0.2, 0.25) is 0 Å². The summed E-state index contributed by atoms with van der Waals surface area (Å²) in [5.41, 5.74) is 8.02. The number of hydrogen-bond acceptors (Lipinski definition) is 4. The van der Waals surface area contributed by atoms with Crippen LogP contribution in [0.5, 0.6) is 5.75 Å². The highest BCUT2D eigenvalue weighted by atomic mass is 16.5. The van der Waals surface area contributed by atoms with Crippen LogP contribution in [0.4, 0.5) is 0 Å². The second kappa shape index (κ2) is 6.53. The first kappa shape index (κ1) is 13.1. The number of nitriles is 1. The van der Waals surface area contributed by atoms with E-state index in [9.17, 15) is 0 Å². The molecular weight excluding hydrogens is 238 g/mol. The fourth-order valence-corrected chi connectivity index (χ4v) is 1.69. The van der Waals surface area contributed by atoms with Gasteiger partial charge in [-0.1, -0.05) is 12.1 Å². The van der Waals surface area contributed by atoms with Gasteiger partial charge in [0.25, 0.3) is 0 Å². The van der Waals surface area contributed by atoms with Gasteiger partial charge < -0.3 is 10.5 Å². The molecule has 2 aromatic rings. The number of pyridine rings is 1. The summed E-state index contributed by atoms with van der Waals surface area (Å²) < 4.78 is 5.62. The van der Waals surface area contributed by atoms with Gasteiger partial charge in [0.15, 0.2) is 0 Å². The zero-order valence-corrected chi connectivity index (χ0v) is 10.5. The molecule has 0 fully saturated rings. The van der Waals surface area contributed by atoms with Crippen molar-refractivity contribution in [3.63, 3.8) is 0 Å². The molecule has 0 aliphatic carbocycles. The van der Waals surface area contributed by atoms with Crippen molar-refractivity contribution in [1.29, 1.82) is 5.26 Å². The average molecular weight is 253 g/mol. The normalized spacial score (nSPS) is 9.89. The Balaban J connectivity index is 1.96. The van der Waals surface area contributed by atoms with Crippen LogP contribution in [0.15, 0.2) is 42.6 Å². The topological polar surface area (TPSA) is 71.9 Å². The van der Waals surface area contributed by atoms with Gasteiger partial charge in [0.2, 0.25) is 0 Å². The fourth-order valence-electron chi connectivity index (χ4n) is 1.69. The minimum atomic E-state index is 0.424. The lowest BCUT2D eigenvalue weighted by Crippen LogP contribution is -2.04. The van der Waals surface area contributed by atoms with Crippen molar-refractivity contribution in [2.24, 2.45) is 5.73 Å². The molecule has 4 nitrogen and oxygen atoms in total. The molecule has 2 N–H and O–H groups in total. The van der Waals surface area contributed by atoms with E-state index in [-0.39, 0.29) is 0 Å². The van der Waals surface area contributed by atoms with Gasteiger partial charge >= 0.3 is 0 Å². The molecule has 0 radical (unpaired) electrons. The molecule has 0 atom stereocenters. The van der Waals surface area contributed by atoms with E-state index < -0.39 is 0 Å². The highest BCUT2D eigenvalue weighted by Crippen LogP contribution is 2.13. The summed E-state index contributed by atoms with van der Waals surface area (Å²) in [6.45, 7) is 1.02. The quantitative estimate of drug-likeness (QED) is 0.885. The standard InChI is InChI=1S/C15H15N3O/c16-7-6-14-4-5-15(10-18-14)19-11-13-3-1-2-12(8-13)9-17/h1-5,8,10H,6-7,11,16H2. The summed E-state index contributed by atoms with van der Waals surface area (Å²) in [5.74, 6) is 0.711. The van der Waals surface area contributed by atoms with E-state index in [4.69, 9.17) is 15.7 Å². The van der Waals surface area contributed by atoms with Crippen LogP contribution in [0.1, 0.15) is 16.8 Å². The van der Waals surface area contributed by atoms with E-state index in [1.54, 1.807) is 12.3 Å². The first-order chi connectivity index (χ1) is 9.31. The Hall–Kier alpha value is -2.38. The first-order valence-corrected chi connectivity index (χ1v) is 6.08. The van der Waals surface area contributed by atoms with Crippen molar-refractivity contribution in [3.8, 4) is 11.8 Å². The zero-order chi connectivity index (χ0) is 13.5. The van der Waals surface area contributed by atoms with Crippen LogP contribution in [-0.4, -0.2) is 11.5 Å². The molecule has 4 heteroatoms. The first-order valence-electron chi connectivity index (χ1n) is 6.08. The molecule has 19 heavy (non-hydrogen) atoms. The average Bonchev–Trinajstić information content (AvgIpc) is 2.47. The predicted octanol–water partition coefficient (Wildman–Crippen LogP) is 2.03. The summed E-state index contributed by atoms with van der Waals surface area (Å²) >= 11 is 0. The van der Waals surface area contributed by atoms with Gasteiger partial charge in [0.1, 0.15) is 12.4 Å². The molecule has 0 unspecified atom stereocenters. The molecule has 1 aromatic carbocycles. The van der Waals surface area contributed by atoms with Gasteiger partial charge in [-0.2, -0.15) is 5.26 Å². The molecule has 0 aliphatic heterocycles. The Labute approximate surface area is 112 Å². The van der Waals surface area contributed by atoms with Crippen molar-refractivity contribution >= 4 is 0 Å². The van der Waals surface area contributed by atoms with Crippen LogP contribution in [0, 0.1) is 11.3 Å². The molecule has 0 amide bonds. The summed E-state index contributed by atoms with van der Waals surface area (Å²) in [4.78, 5) is 4.26. The van der Waals surface area contributed by atoms with Gasteiger partial charge in [-0.15, -0.1) is 0 Å². The SMILES string of the molecule is N#Cc1cccc(COc2ccc(CCN)nc2)c1. The smallest absolute Gasteiger partial charge is 0.138 e. The monoisotopic (exact) mass is 253 g/mol. The number of nitrogens with two attached hydrogens (primary N) is 1. The lowest BCUT2D eigenvalue weighted by molar-refractivity contribution is 0.305. The Bertz CT molecular complexity index is 573. The molecule has 0 spiro atoms. The molecule has 0 aliphatic rings. The zero-order valence-electron chi connectivity index (χ0n) is 10.5. The lowest BCUT2D eigenvalue weighted by Gasteiger charge is -2.06. The van der Waals surface area contributed by atoms with Crippen molar-refractivity contribution in [2.75, 3.05) is 6.54 Å². The van der Waals surface area contributed by atoms with Crippen molar-refractivity contribution in [1.82, 2.24) is 4.98 Å². The van der Waals surface area contributed by atoms with Gasteiger partial charge in [0, 0.05) is 12.1 Å². The predicted molar refractivity (Wildman–Crippen MR) is 72.5 cm³/mol. The third-order valence-corrected chi connectivity index (χ3v) is 2.66. The Morgan fingerprint density at radius 3 is 2.84 bits per heavy atom. The summed E-state index contributed by atoms with van der Waals surface area (Å²) in [6.07, 6.45) is 2.46. The Morgan fingerprint density at radius 1 is 1.26 bits per heavy atom. The Kier molecular flexibility index (Phi) is 4.49. The molecular formula is C15H15N3O. The highest BCUT2D eigenvalue weighted by molar-refractivity contribution is 5.32. The van der Waals surface area contributed by atoms with Crippen molar-refractivity contribution in [3.05, 3.63) is 59.4 Å². The van der Waals surface area contributed by atoms with Crippen molar-refractivity contribution < 1.29 is 4.74 Å². The van der Waals surface area contributed by atoms with Gasteiger partial charge in [0.05, 0.1) is 17.8 Å². The number of aromatic nitrogens is 1. The molecule has 1 heterocycles. The van der Waals surface area contributed by atoms with Crippen molar-refractivity contribution in [2.45, 2.75) is 13.0 Å². The third kappa shape index (κ3) is 3.80. The van der Waals surface area contributed by atoms with E-state index in [1.165, 1.54) is 0 Å². The molecule has 0 saturated carbocycles. The molecule has 96 valence electrons. The van der Waals surface area contributed by atoms with E-state index >= 15 is 0 Å². The van der Waals surface area contributed by atoms with E-state index in [0.29, 0.717) is 24.5 Å². The fraction of sp³-hybridized carbons (Fsp3) is 0.200. The van der Waals surface area contributed by atoms with Crippen LogP contribution < -0.4 is 10.5 Å². The van der Waals surface area contributed by atoms with E-state index in [0.717, 1.165) is 17.7 Å². The molecule has 0 bridgehead atoms. The number of hydrogen-bond donors (Lipinski definition) is 1. The Morgan fingerprint density at radius 2 is 2.16 bits per heavy atom. The third-order valence-electron chi connectivity index (χ3n) is 2.66. The largest absolute Gasteiger partial charge is 0.487 e. The number of nitrogens with zero attached hydrogens (tertiary/aromatic N) is 2. The van der Waals surface area contributed by atoms with Gasteiger partial charge in [-0.05, 0) is 36.4 Å². The maximum Gasteiger partial charge on any atom is 0.138 e. The maximum atomic E-state index is 8.82. The summed E-state index contributed by atoms with van der Waals surface area (Å²) in [6, 6.07) is 13.3. The molecule has 2 rings (SSSR count). The highest BCUT2D eigenvalue weighted by Gasteiger charge is 1.99. The van der Waals surface area contributed by atoms with Gasteiger partial charge in [-0.3, -0.25) is 4.98 Å². The molecule has 0 saturated heterocycles. The van der Waals surface area contributed by atoms with Crippen LogP contribution >= 0.6 is 0 Å². The molecule has 1 aromatic heterocycles. The van der Waals surface area contributed by atoms with Crippen LogP contribution in [0.3, 0.4) is 0 Å². The minimum absolute atomic E-state index is 0.424. The minimum Gasteiger partial charge on any atom is -0.487 e. The second-order valence-corrected chi connectivity index (χ2v) is 4.12. The van der Waals surface area contributed by atoms with E-state index in [2.05, 4.69) is 11.1 Å².